The second-order valence-electron chi connectivity index (χ2n) is 7.33. The summed E-state index contributed by atoms with van der Waals surface area (Å²) in [4.78, 5) is 0. The SMILES string of the molecule is CC1=CC(c2c(F)c(F)c(F)c(F)c2F)=C([Si](C)(C)C2=CC=CC2)C1C. The highest BCUT2D eigenvalue weighted by Crippen LogP contribution is 2.46. The summed E-state index contributed by atoms with van der Waals surface area (Å²) < 4.78 is 69.9. The quantitative estimate of drug-likeness (QED) is 0.245. The molecule has 0 aromatic heterocycles. The van der Waals surface area contributed by atoms with Gasteiger partial charge in [-0.2, -0.15) is 0 Å². The van der Waals surface area contributed by atoms with Gasteiger partial charge in [-0.1, -0.05) is 60.3 Å². The van der Waals surface area contributed by atoms with E-state index in [1.165, 1.54) is 5.20 Å². The molecule has 1 unspecified atom stereocenters. The molecule has 2 aliphatic carbocycles. The third-order valence-electron chi connectivity index (χ3n) is 5.50. The Hall–Kier alpha value is -1.95. The molecule has 0 saturated carbocycles. The van der Waals surface area contributed by atoms with Crippen molar-refractivity contribution in [2.24, 2.45) is 5.92 Å². The van der Waals surface area contributed by atoms with Gasteiger partial charge in [0, 0.05) is 0 Å². The number of hydrogen-bond donors (Lipinski definition) is 0. The van der Waals surface area contributed by atoms with Gasteiger partial charge < -0.3 is 0 Å². The van der Waals surface area contributed by atoms with Crippen molar-refractivity contribution >= 4 is 13.6 Å². The lowest BCUT2D eigenvalue weighted by Gasteiger charge is -2.31. The van der Waals surface area contributed by atoms with Crippen LogP contribution in [0.1, 0.15) is 25.8 Å². The first kappa shape index (κ1) is 18.8. The average Bonchev–Trinajstić information content (AvgIpc) is 3.21. The van der Waals surface area contributed by atoms with Crippen LogP contribution in [0.2, 0.25) is 13.1 Å². The second-order valence-corrected chi connectivity index (χ2v) is 11.8. The monoisotopic (exact) mass is 382 g/mol. The highest BCUT2D eigenvalue weighted by Gasteiger charge is 2.40. The van der Waals surface area contributed by atoms with E-state index >= 15 is 0 Å². The molecular formula is C20H19F5Si. The van der Waals surface area contributed by atoms with Crippen molar-refractivity contribution in [1.82, 2.24) is 0 Å². The van der Waals surface area contributed by atoms with Crippen LogP contribution in [0.3, 0.4) is 0 Å². The highest BCUT2D eigenvalue weighted by molar-refractivity contribution is 6.91. The molecule has 0 nitrogen and oxygen atoms in total. The van der Waals surface area contributed by atoms with Gasteiger partial charge >= 0.3 is 0 Å². The molecule has 0 radical (unpaired) electrons. The molecule has 1 aromatic carbocycles. The Morgan fingerprint density at radius 3 is 1.96 bits per heavy atom. The average molecular weight is 382 g/mol. The van der Waals surface area contributed by atoms with Crippen molar-refractivity contribution in [2.75, 3.05) is 0 Å². The second kappa shape index (κ2) is 6.34. The van der Waals surface area contributed by atoms with Crippen molar-refractivity contribution in [1.29, 1.82) is 0 Å². The maximum atomic E-state index is 14.5. The summed E-state index contributed by atoms with van der Waals surface area (Å²) in [7, 11) is -2.33. The topological polar surface area (TPSA) is 0 Å². The van der Waals surface area contributed by atoms with Gasteiger partial charge in [-0.25, -0.2) is 22.0 Å². The minimum absolute atomic E-state index is 0.108. The number of halogens is 5. The van der Waals surface area contributed by atoms with Crippen LogP contribution >= 0.6 is 0 Å². The smallest absolute Gasteiger partial charge is 0.200 e. The van der Waals surface area contributed by atoms with E-state index in [0.717, 1.165) is 17.2 Å². The maximum absolute atomic E-state index is 14.5. The zero-order valence-corrected chi connectivity index (χ0v) is 16.0. The maximum Gasteiger partial charge on any atom is 0.200 e. The fourth-order valence-corrected chi connectivity index (χ4v) is 7.57. The lowest BCUT2D eigenvalue weighted by atomic mass is 10.0. The van der Waals surface area contributed by atoms with Crippen LogP contribution in [0, 0.1) is 35.0 Å². The van der Waals surface area contributed by atoms with E-state index in [4.69, 9.17) is 0 Å². The first-order chi connectivity index (χ1) is 12.1. The summed E-state index contributed by atoms with van der Waals surface area (Å²) in [5, 5.41) is 1.97. The van der Waals surface area contributed by atoms with Gasteiger partial charge in [-0.05, 0) is 24.8 Å². The Morgan fingerprint density at radius 2 is 1.46 bits per heavy atom. The van der Waals surface area contributed by atoms with E-state index in [-0.39, 0.29) is 11.5 Å². The molecule has 0 heterocycles. The molecule has 26 heavy (non-hydrogen) atoms. The minimum Gasteiger partial charge on any atom is -0.203 e. The standard InChI is InChI=1S/C20H19F5Si/c1-10-9-13(14-15(21)17(23)19(25)18(24)16(14)22)20(11(10)2)26(3,4)12-7-5-6-8-12/h5-7,9,11H,8H2,1-4H3. The van der Waals surface area contributed by atoms with Gasteiger partial charge in [0.15, 0.2) is 23.3 Å². The number of hydrogen-bond acceptors (Lipinski definition) is 0. The normalized spacial score (nSPS) is 20.1. The van der Waals surface area contributed by atoms with Crippen molar-refractivity contribution in [3.05, 3.63) is 74.9 Å². The molecule has 138 valence electrons. The van der Waals surface area contributed by atoms with Crippen LogP contribution in [-0.4, -0.2) is 8.07 Å². The third-order valence-corrected chi connectivity index (χ3v) is 9.53. The summed E-state index contributed by atoms with van der Waals surface area (Å²) in [6, 6.07) is 0. The van der Waals surface area contributed by atoms with E-state index in [2.05, 4.69) is 13.1 Å². The molecular weight excluding hydrogens is 363 g/mol. The fourth-order valence-electron chi connectivity index (χ4n) is 3.90. The van der Waals surface area contributed by atoms with E-state index in [0.29, 0.717) is 0 Å². The summed E-state index contributed by atoms with van der Waals surface area (Å²) in [5.74, 6) is -9.58. The Bertz CT molecular complexity index is 890. The Balaban J connectivity index is 2.32. The van der Waals surface area contributed by atoms with Crippen LogP contribution in [0.15, 0.2) is 40.3 Å². The number of rotatable bonds is 3. The molecule has 0 spiro atoms. The Labute approximate surface area is 150 Å². The molecule has 0 fully saturated rings. The largest absolute Gasteiger partial charge is 0.203 e. The molecule has 0 saturated heterocycles. The van der Waals surface area contributed by atoms with Gasteiger partial charge in [-0.15, -0.1) is 0 Å². The van der Waals surface area contributed by atoms with Crippen LogP contribution in [0.25, 0.3) is 5.57 Å². The number of allylic oxidation sites excluding steroid dienone is 8. The van der Waals surface area contributed by atoms with Gasteiger partial charge in [-0.3, -0.25) is 0 Å². The van der Waals surface area contributed by atoms with Crippen LogP contribution in [0.5, 0.6) is 0 Å². The first-order valence-corrected chi connectivity index (χ1v) is 11.4. The molecule has 2 aliphatic rings. The predicted molar refractivity (Wildman–Crippen MR) is 95.4 cm³/mol. The van der Waals surface area contributed by atoms with Gasteiger partial charge in [0.2, 0.25) is 5.82 Å². The number of benzene rings is 1. The van der Waals surface area contributed by atoms with E-state index < -0.39 is 42.7 Å². The van der Waals surface area contributed by atoms with Crippen molar-refractivity contribution in [2.45, 2.75) is 33.4 Å². The fraction of sp³-hybridized carbons (Fsp3) is 0.300. The van der Waals surface area contributed by atoms with Gasteiger partial charge in [0.25, 0.3) is 0 Å². The highest BCUT2D eigenvalue weighted by atomic mass is 28.3. The van der Waals surface area contributed by atoms with Crippen LogP contribution < -0.4 is 0 Å². The summed E-state index contributed by atoms with van der Waals surface area (Å²) in [6.07, 6.45) is 8.25. The van der Waals surface area contributed by atoms with Crippen LogP contribution in [-0.2, 0) is 0 Å². The molecule has 3 rings (SSSR count). The molecule has 1 atom stereocenters. The van der Waals surface area contributed by atoms with Crippen molar-refractivity contribution in [3.8, 4) is 0 Å². The zero-order chi connectivity index (χ0) is 19.4. The molecule has 0 N–H and O–H groups in total. The third kappa shape index (κ3) is 2.62. The molecule has 6 heteroatoms. The van der Waals surface area contributed by atoms with E-state index in [1.54, 1.807) is 6.08 Å². The van der Waals surface area contributed by atoms with Gasteiger partial charge in [0.05, 0.1) is 5.56 Å². The molecule has 0 bridgehead atoms. The summed E-state index contributed by atoms with van der Waals surface area (Å²) >= 11 is 0. The van der Waals surface area contributed by atoms with Gasteiger partial charge in [0.1, 0.15) is 8.07 Å². The lowest BCUT2D eigenvalue weighted by molar-refractivity contribution is 0.376. The molecule has 0 amide bonds. The summed E-state index contributed by atoms with van der Waals surface area (Å²) in [6.45, 7) is 7.83. The zero-order valence-electron chi connectivity index (χ0n) is 15.0. The minimum atomic E-state index is -2.33. The lowest BCUT2D eigenvalue weighted by Crippen LogP contribution is -2.35. The van der Waals surface area contributed by atoms with E-state index in [9.17, 15) is 22.0 Å². The van der Waals surface area contributed by atoms with Crippen molar-refractivity contribution < 1.29 is 22.0 Å². The summed E-state index contributed by atoms with van der Waals surface area (Å²) in [5.41, 5.74) is 0.186. The predicted octanol–water partition coefficient (Wildman–Crippen LogP) is 6.40. The Kier molecular flexibility index (Phi) is 4.59. The Morgan fingerprint density at radius 1 is 0.923 bits per heavy atom. The molecule has 0 aliphatic heterocycles. The van der Waals surface area contributed by atoms with Crippen molar-refractivity contribution in [3.63, 3.8) is 0 Å². The van der Waals surface area contributed by atoms with Crippen LogP contribution in [0.4, 0.5) is 22.0 Å². The molecule has 1 aromatic rings. The van der Waals surface area contributed by atoms with E-state index in [1.807, 2.05) is 32.1 Å². The first-order valence-electron chi connectivity index (χ1n) is 8.39.